The molecule has 0 bridgehead atoms. The largest absolute Gasteiger partial charge is 0.512 e. The number of carbonyl (C=O) groups is 1. The van der Waals surface area contributed by atoms with Gasteiger partial charge < -0.3 is 9.84 Å². The van der Waals surface area contributed by atoms with Crippen LogP contribution >= 0.6 is 0 Å². The standard InChI is InChI=1S/C29H30O3/c1-21(2)25-16-10-9-13-23(25)19-26-27(30)20-29(32-28(26)31,24-14-7-4-8-15-24)18-17-22-11-5-3-6-12-22/h3-16,21,30H,17-20H2,1-2H3. The summed E-state index contributed by atoms with van der Waals surface area (Å²) in [5.41, 5.74) is 3.82. The van der Waals surface area contributed by atoms with Gasteiger partial charge in [-0.15, -0.1) is 0 Å². The van der Waals surface area contributed by atoms with E-state index in [4.69, 9.17) is 4.74 Å². The molecule has 3 heteroatoms. The second-order valence-corrected chi connectivity index (χ2v) is 8.87. The third kappa shape index (κ3) is 4.62. The van der Waals surface area contributed by atoms with E-state index < -0.39 is 11.6 Å². The third-order valence-corrected chi connectivity index (χ3v) is 6.34. The molecule has 1 N–H and O–H groups in total. The van der Waals surface area contributed by atoms with Gasteiger partial charge in [0.05, 0.1) is 5.57 Å². The Morgan fingerprint density at radius 2 is 1.53 bits per heavy atom. The maximum absolute atomic E-state index is 13.3. The van der Waals surface area contributed by atoms with Crippen LogP contribution in [0.5, 0.6) is 0 Å². The van der Waals surface area contributed by atoms with Gasteiger partial charge in [-0.3, -0.25) is 0 Å². The number of carbonyl (C=O) groups excluding carboxylic acids is 1. The monoisotopic (exact) mass is 426 g/mol. The third-order valence-electron chi connectivity index (χ3n) is 6.34. The van der Waals surface area contributed by atoms with Crippen LogP contribution in [-0.2, 0) is 28.0 Å². The fourth-order valence-electron chi connectivity index (χ4n) is 4.57. The lowest BCUT2D eigenvalue weighted by Crippen LogP contribution is -2.39. The lowest BCUT2D eigenvalue weighted by atomic mass is 9.80. The van der Waals surface area contributed by atoms with Crippen LogP contribution in [0.15, 0.2) is 96.3 Å². The van der Waals surface area contributed by atoms with E-state index in [9.17, 15) is 9.90 Å². The molecule has 0 spiro atoms. The molecule has 0 amide bonds. The Labute approximate surface area is 190 Å². The molecule has 4 rings (SSSR count). The van der Waals surface area contributed by atoms with Crippen molar-refractivity contribution >= 4 is 5.97 Å². The molecule has 32 heavy (non-hydrogen) atoms. The van der Waals surface area contributed by atoms with Crippen molar-refractivity contribution in [3.63, 3.8) is 0 Å². The molecule has 1 heterocycles. The highest BCUT2D eigenvalue weighted by atomic mass is 16.6. The summed E-state index contributed by atoms with van der Waals surface area (Å²) in [6.07, 6.45) is 2.02. The van der Waals surface area contributed by atoms with E-state index in [0.29, 0.717) is 24.3 Å². The topological polar surface area (TPSA) is 46.5 Å². The van der Waals surface area contributed by atoms with Crippen LogP contribution in [0, 0.1) is 0 Å². The Bertz CT molecular complexity index is 1100. The number of aryl methyl sites for hydroxylation is 1. The molecule has 164 valence electrons. The van der Waals surface area contributed by atoms with Crippen molar-refractivity contribution in [1.82, 2.24) is 0 Å². The first-order valence-electron chi connectivity index (χ1n) is 11.3. The predicted molar refractivity (Wildman–Crippen MR) is 127 cm³/mol. The summed E-state index contributed by atoms with van der Waals surface area (Å²) >= 11 is 0. The molecule has 0 saturated heterocycles. The summed E-state index contributed by atoms with van der Waals surface area (Å²) in [5.74, 6) is 0.0452. The van der Waals surface area contributed by atoms with Crippen LogP contribution in [0.1, 0.15) is 54.9 Å². The lowest BCUT2D eigenvalue weighted by molar-refractivity contribution is -0.161. The van der Waals surface area contributed by atoms with E-state index >= 15 is 0 Å². The molecule has 3 aromatic carbocycles. The van der Waals surface area contributed by atoms with E-state index in [0.717, 1.165) is 17.5 Å². The van der Waals surface area contributed by atoms with Gasteiger partial charge in [0.1, 0.15) is 11.4 Å². The molecule has 3 nitrogen and oxygen atoms in total. The molecular weight excluding hydrogens is 396 g/mol. The zero-order valence-electron chi connectivity index (χ0n) is 18.8. The van der Waals surface area contributed by atoms with Gasteiger partial charge in [-0.2, -0.15) is 0 Å². The first-order chi connectivity index (χ1) is 15.5. The van der Waals surface area contributed by atoms with Crippen LogP contribution in [0.4, 0.5) is 0 Å². The first-order valence-corrected chi connectivity index (χ1v) is 11.3. The number of hydrogen-bond donors (Lipinski definition) is 1. The maximum atomic E-state index is 13.3. The van der Waals surface area contributed by atoms with E-state index in [2.05, 4.69) is 32.0 Å². The highest BCUT2D eigenvalue weighted by Crippen LogP contribution is 2.42. The zero-order chi connectivity index (χ0) is 22.6. The van der Waals surface area contributed by atoms with Gasteiger partial charge in [-0.25, -0.2) is 4.79 Å². The predicted octanol–water partition coefficient (Wildman–Crippen LogP) is 6.64. The van der Waals surface area contributed by atoms with Crippen LogP contribution < -0.4 is 0 Å². The molecule has 1 unspecified atom stereocenters. The van der Waals surface area contributed by atoms with Crippen LogP contribution in [0.25, 0.3) is 0 Å². The minimum Gasteiger partial charge on any atom is -0.512 e. The summed E-state index contributed by atoms with van der Waals surface area (Å²) < 4.78 is 6.18. The number of rotatable bonds is 7. The van der Waals surface area contributed by atoms with E-state index in [1.807, 2.05) is 66.7 Å². The van der Waals surface area contributed by atoms with Gasteiger partial charge in [-0.1, -0.05) is 98.8 Å². The second-order valence-electron chi connectivity index (χ2n) is 8.87. The van der Waals surface area contributed by atoms with Gasteiger partial charge in [0.25, 0.3) is 0 Å². The van der Waals surface area contributed by atoms with Crippen molar-refractivity contribution in [2.75, 3.05) is 0 Å². The number of benzene rings is 3. The quantitative estimate of drug-likeness (QED) is 0.431. The summed E-state index contributed by atoms with van der Waals surface area (Å²) in [4.78, 5) is 13.3. The Kier molecular flexibility index (Phi) is 6.45. The molecule has 0 fully saturated rings. The van der Waals surface area contributed by atoms with Crippen LogP contribution in [0.3, 0.4) is 0 Å². The summed E-state index contributed by atoms with van der Waals surface area (Å²) in [5, 5.41) is 11.1. The van der Waals surface area contributed by atoms with Gasteiger partial charge >= 0.3 is 5.97 Å². The van der Waals surface area contributed by atoms with Crippen molar-refractivity contribution in [1.29, 1.82) is 0 Å². The number of hydrogen-bond acceptors (Lipinski definition) is 3. The summed E-state index contributed by atoms with van der Waals surface area (Å²) in [7, 11) is 0. The summed E-state index contributed by atoms with van der Waals surface area (Å²) in [6.45, 7) is 4.27. The second kappa shape index (κ2) is 9.44. The average molecular weight is 427 g/mol. The highest BCUT2D eigenvalue weighted by molar-refractivity contribution is 5.91. The number of ether oxygens (including phenoxy) is 1. The number of esters is 1. The van der Waals surface area contributed by atoms with Gasteiger partial charge in [0.15, 0.2) is 0 Å². The first kappa shape index (κ1) is 21.9. The molecular formula is C29H30O3. The van der Waals surface area contributed by atoms with Gasteiger partial charge in [-0.05, 0) is 41.0 Å². The lowest BCUT2D eigenvalue weighted by Gasteiger charge is -2.38. The van der Waals surface area contributed by atoms with Gasteiger partial charge in [0, 0.05) is 12.8 Å². The fraction of sp³-hybridized carbons (Fsp3) is 0.276. The SMILES string of the molecule is CC(C)c1ccccc1CC1=C(O)CC(CCc2ccccc2)(c2ccccc2)OC1=O. The van der Waals surface area contributed by atoms with Crippen molar-refractivity contribution in [3.8, 4) is 0 Å². The minimum atomic E-state index is -0.876. The molecule has 0 saturated carbocycles. The highest BCUT2D eigenvalue weighted by Gasteiger charge is 2.43. The normalized spacial score (nSPS) is 18.7. The van der Waals surface area contributed by atoms with Gasteiger partial charge in [0.2, 0.25) is 0 Å². The molecule has 1 aliphatic heterocycles. The van der Waals surface area contributed by atoms with E-state index in [1.54, 1.807) is 0 Å². The molecule has 3 aromatic rings. The molecule has 0 radical (unpaired) electrons. The smallest absolute Gasteiger partial charge is 0.338 e. The molecule has 1 atom stereocenters. The van der Waals surface area contributed by atoms with Crippen LogP contribution in [0.2, 0.25) is 0 Å². The minimum absolute atomic E-state index is 0.136. The molecule has 0 aromatic heterocycles. The number of aliphatic hydroxyl groups excluding tert-OH is 1. The Morgan fingerprint density at radius 1 is 0.906 bits per heavy atom. The van der Waals surface area contributed by atoms with Crippen molar-refractivity contribution in [2.24, 2.45) is 0 Å². The Balaban J connectivity index is 1.66. The van der Waals surface area contributed by atoms with Crippen molar-refractivity contribution in [2.45, 2.75) is 51.0 Å². The maximum Gasteiger partial charge on any atom is 0.338 e. The van der Waals surface area contributed by atoms with E-state index in [-0.39, 0.29) is 12.2 Å². The number of cyclic esters (lactones) is 1. The average Bonchev–Trinajstić information content (AvgIpc) is 2.81. The summed E-state index contributed by atoms with van der Waals surface area (Å²) in [6, 6.07) is 28.1. The van der Waals surface area contributed by atoms with Crippen molar-refractivity contribution in [3.05, 3.63) is 119 Å². The Hall–Kier alpha value is -3.33. The molecule has 0 aliphatic carbocycles. The fourth-order valence-corrected chi connectivity index (χ4v) is 4.57. The molecule has 1 aliphatic rings. The van der Waals surface area contributed by atoms with Crippen molar-refractivity contribution < 1.29 is 14.6 Å². The Morgan fingerprint density at radius 3 is 2.19 bits per heavy atom. The van der Waals surface area contributed by atoms with Crippen LogP contribution in [-0.4, -0.2) is 11.1 Å². The van der Waals surface area contributed by atoms with E-state index in [1.165, 1.54) is 11.1 Å². The number of aliphatic hydroxyl groups is 1. The zero-order valence-corrected chi connectivity index (χ0v) is 18.8.